The van der Waals surface area contributed by atoms with E-state index < -0.39 is 0 Å². The average molecular weight is 282 g/mol. The maximum absolute atomic E-state index is 5.21. The Labute approximate surface area is 102 Å². The maximum atomic E-state index is 5.21. The summed E-state index contributed by atoms with van der Waals surface area (Å²) >= 11 is 3.34. The quantitative estimate of drug-likeness (QED) is 0.812. The SMILES string of the molecule is COc1ccc(-n2cc(CBr)nn2)cc1C. The zero-order valence-electron chi connectivity index (χ0n) is 9.14. The van der Waals surface area contributed by atoms with Crippen LogP contribution in [0.2, 0.25) is 0 Å². The van der Waals surface area contributed by atoms with Gasteiger partial charge in [0.25, 0.3) is 0 Å². The van der Waals surface area contributed by atoms with E-state index >= 15 is 0 Å². The summed E-state index contributed by atoms with van der Waals surface area (Å²) in [7, 11) is 1.67. The minimum Gasteiger partial charge on any atom is -0.496 e. The van der Waals surface area contributed by atoms with E-state index in [0.29, 0.717) is 5.33 Å². The summed E-state index contributed by atoms with van der Waals surface area (Å²) in [5.41, 5.74) is 2.97. The van der Waals surface area contributed by atoms with E-state index in [-0.39, 0.29) is 0 Å². The highest BCUT2D eigenvalue weighted by molar-refractivity contribution is 9.08. The molecule has 0 saturated carbocycles. The van der Waals surface area contributed by atoms with Crippen molar-refractivity contribution < 1.29 is 4.74 Å². The van der Waals surface area contributed by atoms with Gasteiger partial charge in [-0.1, -0.05) is 21.1 Å². The van der Waals surface area contributed by atoms with E-state index in [1.807, 2.05) is 31.3 Å². The van der Waals surface area contributed by atoms with Gasteiger partial charge in [-0.25, -0.2) is 4.68 Å². The van der Waals surface area contributed by atoms with Crippen molar-refractivity contribution in [3.05, 3.63) is 35.7 Å². The number of hydrogen-bond donors (Lipinski definition) is 0. The third-order valence-corrected chi connectivity index (χ3v) is 2.90. The van der Waals surface area contributed by atoms with E-state index in [2.05, 4.69) is 26.2 Å². The number of benzene rings is 1. The fourth-order valence-electron chi connectivity index (χ4n) is 1.49. The largest absolute Gasteiger partial charge is 0.496 e. The molecule has 0 fully saturated rings. The fraction of sp³-hybridized carbons (Fsp3) is 0.273. The highest BCUT2D eigenvalue weighted by Crippen LogP contribution is 2.20. The van der Waals surface area contributed by atoms with Crippen LogP contribution in [-0.4, -0.2) is 22.1 Å². The molecule has 0 aliphatic carbocycles. The number of rotatable bonds is 3. The standard InChI is InChI=1S/C11H12BrN3O/c1-8-5-10(3-4-11(8)16-2)15-7-9(6-12)13-14-15/h3-5,7H,6H2,1-2H3. The van der Waals surface area contributed by atoms with Crippen LogP contribution in [0, 0.1) is 6.92 Å². The lowest BCUT2D eigenvalue weighted by atomic mass is 10.2. The molecule has 2 aromatic rings. The van der Waals surface area contributed by atoms with Gasteiger partial charge >= 0.3 is 0 Å². The van der Waals surface area contributed by atoms with Gasteiger partial charge in [-0.15, -0.1) is 5.10 Å². The molecule has 0 bridgehead atoms. The van der Waals surface area contributed by atoms with E-state index in [1.54, 1.807) is 11.8 Å². The number of halogens is 1. The van der Waals surface area contributed by atoms with Crippen LogP contribution in [0.25, 0.3) is 5.69 Å². The minimum atomic E-state index is 0.710. The molecule has 0 aliphatic rings. The van der Waals surface area contributed by atoms with Crippen LogP contribution in [0.1, 0.15) is 11.3 Å². The summed E-state index contributed by atoms with van der Waals surface area (Å²) in [5.74, 6) is 0.879. The van der Waals surface area contributed by atoms with E-state index in [9.17, 15) is 0 Å². The number of hydrogen-bond acceptors (Lipinski definition) is 3. The van der Waals surface area contributed by atoms with Crippen molar-refractivity contribution >= 4 is 15.9 Å². The Balaban J connectivity index is 2.37. The first kappa shape index (κ1) is 11.1. The highest BCUT2D eigenvalue weighted by atomic mass is 79.9. The number of methoxy groups -OCH3 is 1. The molecule has 0 amide bonds. The van der Waals surface area contributed by atoms with Crippen molar-refractivity contribution in [1.29, 1.82) is 0 Å². The van der Waals surface area contributed by atoms with Gasteiger partial charge in [-0.3, -0.25) is 0 Å². The molecular weight excluding hydrogens is 270 g/mol. The maximum Gasteiger partial charge on any atom is 0.121 e. The van der Waals surface area contributed by atoms with Gasteiger partial charge in [0.2, 0.25) is 0 Å². The second-order valence-electron chi connectivity index (χ2n) is 3.44. The first-order valence-electron chi connectivity index (χ1n) is 4.87. The number of aryl methyl sites for hydroxylation is 1. The molecule has 16 heavy (non-hydrogen) atoms. The molecule has 0 unspecified atom stereocenters. The Morgan fingerprint density at radius 2 is 2.25 bits per heavy atom. The number of ether oxygens (including phenoxy) is 1. The van der Waals surface area contributed by atoms with Gasteiger partial charge in [0.15, 0.2) is 0 Å². The second kappa shape index (κ2) is 4.65. The molecule has 0 saturated heterocycles. The van der Waals surface area contributed by atoms with Gasteiger partial charge < -0.3 is 4.74 Å². The number of aromatic nitrogens is 3. The van der Waals surface area contributed by atoms with Gasteiger partial charge in [0.05, 0.1) is 24.7 Å². The molecular formula is C11H12BrN3O. The number of alkyl halides is 1. The summed E-state index contributed by atoms with van der Waals surface area (Å²) in [4.78, 5) is 0. The monoisotopic (exact) mass is 281 g/mol. The van der Waals surface area contributed by atoms with Gasteiger partial charge in [-0.2, -0.15) is 0 Å². The van der Waals surface area contributed by atoms with Crippen molar-refractivity contribution in [1.82, 2.24) is 15.0 Å². The Hall–Kier alpha value is -1.36. The van der Waals surface area contributed by atoms with Crippen LogP contribution in [0.4, 0.5) is 0 Å². The van der Waals surface area contributed by atoms with E-state index in [1.165, 1.54) is 0 Å². The Morgan fingerprint density at radius 1 is 1.44 bits per heavy atom. The lowest BCUT2D eigenvalue weighted by Crippen LogP contribution is -1.96. The highest BCUT2D eigenvalue weighted by Gasteiger charge is 2.04. The summed E-state index contributed by atoms with van der Waals surface area (Å²) in [6.45, 7) is 2.00. The second-order valence-corrected chi connectivity index (χ2v) is 4.00. The summed E-state index contributed by atoms with van der Waals surface area (Å²) in [5, 5.41) is 8.78. The minimum absolute atomic E-state index is 0.710. The van der Waals surface area contributed by atoms with Crippen LogP contribution in [0.15, 0.2) is 24.4 Å². The molecule has 5 heteroatoms. The third kappa shape index (κ3) is 2.09. The van der Waals surface area contributed by atoms with Crippen molar-refractivity contribution in [3.8, 4) is 11.4 Å². The molecule has 1 aromatic heterocycles. The van der Waals surface area contributed by atoms with Crippen molar-refractivity contribution in [2.75, 3.05) is 7.11 Å². The van der Waals surface area contributed by atoms with Crippen LogP contribution < -0.4 is 4.74 Å². The zero-order valence-corrected chi connectivity index (χ0v) is 10.7. The molecule has 2 rings (SSSR count). The topological polar surface area (TPSA) is 39.9 Å². The molecule has 0 spiro atoms. The van der Waals surface area contributed by atoms with Crippen LogP contribution in [0.3, 0.4) is 0 Å². The average Bonchev–Trinajstić information content (AvgIpc) is 2.77. The molecule has 0 N–H and O–H groups in total. The van der Waals surface area contributed by atoms with Crippen molar-refractivity contribution in [2.24, 2.45) is 0 Å². The van der Waals surface area contributed by atoms with E-state index in [4.69, 9.17) is 4.74 Å². The normalized spacial score (nSPS) is 10.4. The Kier molecular flexibility index (Phi) is 3.24. The molecule has 1 heterocycles. The van der Waals surface area contributed by atoms with Crippen molar-refractivity contribution in [3.63, 3.8) is 0 Å². The van der Waals surface area contributed by atoms with E-state index in [0.717, 1.165) is 22.7 Å². The molecule has 4 nitrogen and oxygen atoms in total. The summed E-state index contributed by atoms with van der Waals surface area (Å²) in [6, 6.07) is 5.91. The molecule has 1 aromatic carbocycles. The summed E-state index contributed by atoms with van der Waals surface area (Å²) in [6.07, 6.45) is 1.90. The molecule has 0 aliphatic heterocycles. The molecule has 84 valence electrons. The number of nitrogens with zero attached hydrogens (tertiary/aromatic N) is 3. The van der Waals surface area contributed by atoms with Crippen LogP contribution in [-0.2, 0) is 5.33 Å². The lowest BCUT2D eigenvalue weighted by molar-refractivity contribution is 0.411. The summed E-state index contributed by atoms with van der Waals surface area (Å²) < 4.78 is 6.96. The molecule has 0 radical (unpaired) electrons. The van der Waals surface area contributed by atoms with Gasteiger partial charge in [-0.05, 0) is 30.7 Å². The molecule has 0 atom stereocenters. The van der Waals surface area contributed by atoms with Crippen molar-refractivity contribution in [2.45, 2.75) is 12.3 Å². The first-order valence-corrected chi connectivity index (χ1v) is 5.99. The fourth-order valence-corrected chi connectivity index (χ4v) is 1.75. The smallest absolute Gasteiger partial charge is 0.121 e. The Bertz CT molecular complexity index is 496. The van der Waals surface area contributed by atoms with Gasteiger partial charge in [0.1, 0.15) is 5.75 Å². The van der Waals surface area contributed by atoms with Crippen LogP contribution >= 0.6 is 15.9 Å². The van der Waals surface area contributed by atoms with Crippen LogP contribution in [0.5, 0.6) is 5.75 Å². The third-order valence-electron chi connectivity index (χ3n) is 2.32. The van der Waals surface area contributed by atoms with Gasteiger partial charge in [0, 0.05) is 5.33 Å². The zero-order chi connectivity index (χ0) is 11.5. The predicted octanol–water partition coefficient (Wildman–Crippen LogP) is 2.48. The predicted molar refractivity (Wildman–Crippen MR) is 65.3 cm³/mol. The first-order chi connectivity index (χ1) is 7.74. The lowest BCUT2D eigenvalue weighted by Gasteiger charge is -2.06. The Morgan fingerprint density at radius 3 is 2.81 bits per heavy atom.